The number of piperidine rings is 1. The highest BCUT2D eigenvalue weighted by Gasteiger charge is 2.23. The number of nitrogen functional groups attached to an aromatic ring is 1. The molecule has 1 unspecified atom stereocenters. The molecule has 2 rings (SSSR count). The van der Waals surface area contributed by atoms with Gasteiger partial charge >= 0.3 is 5.97 Å². The maximum Gasteiger partial charge on any atom is 0.337 e. The van der Waals surface area contributed by atoms with Crippen LogP contribution < -0.4 is 11.1 Å². The van der Waals surface area contributed by atoms with Crippen molar-refractivity contribution in [2.24, 2.45) is 0 Å². The molecule has 6 nitrogen and oxygen atoms in total. The zero-order chi connectivity index (χ0) is 14.7. The Morgan fingerprint density at radius 2 is 2.25 bits per heavy atom. The van der Waals surface area contributed by atoms with Crippen molar-refractivity contribution < 1.29 is 14.3 Å². The van der Waals surface area contributed by atoms with Crippen LogP contribution in [0.5, 0.6) is 0 Å². The molecule has 1 aromatic rings. The number of carbonyl (C=O) groups excluding carboxylic acids is 2. The van der Waals surface area contributed by atoms with Crippen LogP contribution >= 0.6 is 0 Å². The lowest BCUT2D eigenvalue weighted by Gasteiger charge is -2.31. The molecule has 108 valence electrons. The molecule has 1 saturated heterocycles. The Morgan fingerprint density at radius 1 is 1.50 bits per heavy atom. The fourth-order valence-electron chi connectivity index (χ4n) is 2.28. The Bertz CT molecular complexity index is 530. The fourth-order valence-corrected chi connectivity index (χ4v) is 2.28. The number of hydrogen-bond donors (Lipinski definition) is 2. The lowest BCUT2D eigenvalue weighted by molar-refractivity contribution is -0.132. The molecule has 0 bridgehead atoms. The largest absolute Gasteiger partial charge is 0.465 e. The van der Waals surface area contributed by atoms with Crippen molar-refractivity contribution in [1.82, 2.24) is 4.90 Å². The van der Waals surface area contributed by atoms with E-state index in [9.17, 15) is 9.59 Å². The molecule has 1 fully saturated rings. The van der Waals surface area contributed by atoms with E-state index in [0.717, 1.165) is 6.42 Å². The first-order valence-electron chi connectivity index (χ1n) is 6.49. The van der Waals surface area contributed by atoms with Gasteiger partial charge in [-0.05, 0) is 24.6 Å². The van der Waals surface area contributed by atoms with Crippen molar-refractivity contribution >= 4 is 23.3 Å². The van der Waals surface area contributed by atoms with Crippen LogP contribution in [0.25, 0.3) is 0 Å². The van der Waals surface area contributed by atoms with Crippen LogP contribution in [0.4, 0.5) is 11.4 Å². The molecular formula is C14H19N3O3. The van der Waals surface area contributed by atoms with Crippen molar-refractivity contribution in [3.8, 4) is 0 Å². The number of methoxy groups -OCH3 is 1. The molecule has 0 spiro atoms. The number of amides is 1. The molecule has 0 radical (unpaired) electrons. The Kier molecular flexibility index (Phi) is 4.12. The van der Waals surface area contributed by atoms with Crippen LogP contribution in [-0.2, 0) is 9.53 Å². The maximum atomic E-state index is 11.5. The van der Waals surface area contributed by atoms with Crippen molar-refractivity contribution in [1.29, 1.82) is 0 Å². The molecule has 1 aliphatic heterocycles. The van der Waals surface area contributed by atoms with Crippen LogP contribution in [0.2, 0.25) is 0 Å². The van der Waals surface area contributed by atoms with Crippen molar-refractivity contribution in [3.05, 3.63) is 23.8 Å². The van der Waals surface area contributed by atoms with E-state index in [1.54, 1.807) is 30.1 Å². The standard InChI is InChI=1S/C14H19N3O3/c1-17-8-10(4-6-13(17)18)16-12-7-9(14(19)20-2)3-5-11(12)15/h3,5,7,10,16H,4,6,8,15H2,1-2H3. The summed E-state index contributed by atoms with van der Waals surface area (Å²) in [6.45, 7) is 0.626. The second-order valence-electron chi connectivity index (χ2n) is 4.95. The van der Waals surface area contributed by atoms with E-state index in [1.807, 2.05) is 0 Å². The smallest absolute Gasteiger partial charge is 0.337 e. The summed E-state index contributed by atoms with van der Waals surface area (Å²) < 4.78 is 4.69. The first-order chi connectivity index (χ1) is 9.51. The van der Waals surface area contributed by atoms with Gasteiger partial charge in [-0.2, -0.15) is 0 Å². The van der Waals surface area contributed by atoms with Crippen molar-refractivity contribution in [3.63, 3.8) is 0 Å². The van der Waals surface area contributed by atoms with Gasteiger partial charge in [0.15, 0.2) is 0 Å². The Hall–Kier alpha value is -2.24. The van der Waals surface area contributed by atoms with Crippen LogP contribution in [0.15, 0.2) is 18.2 Å². The number of ether oxygens (including phenoxy) is 1. The Balaban J connectivity index is 2.12. The molecule has 1 amide bonds. The number of anilines is 2. The van der Waals surface area contributed by atoms with Gasteiger partial charge in [-0.25, -0.2) is 4.79 Å². The highest BCUT2D eigenvalue weighted by Crippen LogP contribution is 2.23. The number of nitrogens with two attached hydrogens (primary N) is 1. The van der Waals surface area contributed by atoms with Gasteiger partial charge in [0.05, 0.1) is 24.0 Å². The van der Waals surface area contributed by atoms with Gasteiger partial charge in [0.1, 0.15) is 0 Å². The number of rotatable bonds is 3. The van der Waals surface area contributed by atoms with Crippen molar-refractivity contribution in [2.45, 2.75) is 18.9 Å². The summed E-state index contributed by atoms with van der Waals surface area (Å²) in [5.74, 6) is -0.247. The van der Waals surface area contributed by atoms with Gasteiger partial charge < -0.3 is 20.7 Å². The van der Waals surface area contributed by atoms with Crippen LogP contribution in [0.1, 0.15) is 23.2 Å². The number of nitrogens with zero attached hydrogens (tertiary/aromatic N) is 1. The zero-order valence-corrected chi connectivity index (χ0v) is 11.7. The fraction of sp³-hybridized carbons (Fsp3) is 0.429. The third-order valence-corrected chi connectivity index (χ3v) is 3.46. The highest BCUT2D eigenvalue weighted by molar-refractivity contribution is 5.92. The topological polar surface area (TPSA) is 84.7 Å². The van der Waals surface area contributed by atoms with Crippen LogP contribution in [0.3, 0.4) is 0 Å². The Labute approximate surface area is 117 Å². The Morgan fingerprint density at radius 3 is 2.90 bits per heavy atom. The molecule has 0 aromatic heterocycles. The number of carbonyl (C=O) groups is 2. The van der Waals surface area contributed by atoms with Gasteiger partial charge in [0, 0.05) is 26.1 Å². The molecule has 0 saturated carbocycles. The molecule has 6 heteroatoms. The van der Waals surface area contributed by atoms with E-state index in [0.29, 0.717) is 29.9 Å². The summed E-state index contributed by atoms with van der Waals surface area (Å²) in [6, 6.07) is 5.11. The molecule has 1 aliphatic rings. The normalized spacial score (nSPS) is 18.8. The molecule has 0 aliphatic carbocycles. The van der Waals surface area contributed by atoms with E-state index in [2.05, 4.69) is 5.32 Å². The molecule has 20 heavy (non-hydrogen) atoms. The number of likely N-dealkylation sites (N-methyl/N-ethyl adjacent to an activating group) is 1. The van der Waals surface area contributed by atoms with Gasteiger partial charge in [-0.3, -0.25) is 4.79 Å². The van der Waals surface area contributed by atoms with E-state index >= 15 is 0 Å². The molecular weight excluding hydrogens is 258 g/mol. The summed E-state index contributed by atoms with van der Waals surface area (Å²) in [5.41, 5.74) is 7.63. The predicted octanol–water partition coefficient (Wildman–Crippen LogP) is 1.09. The number of nitrogens with one attached hydrogen (secondary N) is 1. The predicted molar refractivity (Wildman–Crippen MR) is 76.5 cm³/mol. The number of benzene rings is 1. The molecule has 1 aromatic carbocycles. The van der Waals surface area contributed by atoms with E-state index in [4.69, 9.17) is 10.5 Å². The highest BCUT2D eigenvalue weighted by atomic mass is 16.5. The quantitative estimate of drug-likeness (QED) is 0.638. The monoisotopic (exact) mass is 277 g/mol. The minimum absolute atomic E-state index is 0.132. The lowest BCUT2D eigenvalue weighted by atomic mass is 10.0. The summed E-state index contributed by atoms with van der Waals surface area (Å²) in [5, 5.41) is 3.29. The third-order valence-electron chi connectivity index (χ3n) is 3.46. The average Bonchev–Trinajstić information content (AvgIpc) is 2.44. The first kappa shape index (κ1) is 14.2. The maximum absolute atomic E-state index is 11.5. The number of hydrogen-bond acceptors (Lipinski definition) is 5. The van der Waals surface area contributed by atoms with Gasteiger partial charge in [-0.1, -0.05) is 0 Å². The molecule has 1 heterocycles. The number of likely N-dealkylation sites (tertiary alicyclic amines) is 1. The third kappa shape index (κ3) is 3.01. The zero-order valence-electron chi connectivity index (χ0n) is 11.7. The summed E-state index contributed by atoms with van der Waals surface area (Å²) in [6.07, 6.45) is 1.27. The minimum Gasteiger partial charge on any atom is -0.465 e. The lowest BCUT2D eigenvalue weighted by Crippen LogP contribution is -2.43. The van der Waals surface area contributed by atoms with E-state index in [-0.39, 0.29) is 11.9 Å². The average molecular weight is 277 g/mol. The number of esters is 1. The second kappa shape index (κ2) is 5.81. The summed E-state index contributed by atoms with van der Waals surface area (Å²) in [7, 11) is 3.12. The molecule has 1 atom stereocenters. The SMILES string of the molecule is COC(=O)c1ccc(N)c(NC2CCC(=O)N(C)C2)c1. The van der Waals surface area contributed by atoms with E-state index in [1.165, 1.54) is 7.11 Å². The first-order valence-corrected chi connectivity index (χ1v) is 6.49. The van der Waals surface area contributed by atoms with Crippen LogP contribution in [-0.4, -0.2) is 43.5 Å². The summed E-state index contributed by atoms with van der Waals surface area (Å²) >= 11 is 0. The van der Waals surface area contributed by atoms with Crippen LogP contribution in [0, 0.1) is 0 Å². The van der Waals surface area contributed by atoms with Gasteiger partial charge in [0.2, 0.25) is 5.91 Å². The molecule has 3 N–H and O–H groups in total. The van der Waals surface area contributed by atoms with Gasteiger partial charge in [-0.15, -0.1) is 0 Å². The van der Waals surface area contributed by atoms with E-state index < -0.39 is 5.97 Å². The van der Waals surface area contributed by atoms with Crippen molar-refractivity contribution in [2.75, 3.05) is 31.8 Å². The second-order valence-corrected chi connectivity index (χ2v) is 4.95. The summed E-state index contributed by atoms with van der Waals surface area (Å²) in [4.78, 5) is 24.7. The van der Waals surface area contributed by atoms with Gasteiger partial charge in [0.25, 0.3) is 0 Å². The minimum atomic E-state index is -0.399.